The average Bonchev–Trinajstić information content (AvgIpc) is 2.69. The van der Waals surface area contributed by atoms with Crippen LogP contribution in [-0.2, 0) is 5.41 Å². The maximum Gasteiger partial charge on any atom is 0.0973 e. The maximum absolute atomic E-state index is 9.15. The van der Waals surface area contributed by atoms with E-state index in [2.05, 4.69) is 16.4 Å². The first-order chi connectivity index (χ1) is 6.37. The molecule has 1 aliphatic rings. The van der Waals surface area contributed by atoms with Crippen molar-refractivity contribution < 1.29 is 0 Å². The van der Waals surface area contributed by atoms with E-state index in [1.54, 1.807) is 12.4 Å². The maximum atomic E-state index is 9.15. The molecule has 2 rings (SSSR count). The van der Waals surface area contributed by atoms with E-state index in [0.717, 1.165) is 25.1 Å². The Hall–Kier alpha value is -1.40. The van der Waals surface area contributed by atoms with E-state index in [1.807, 2.05) is 12.1 Å². The fourth-order valence-electron chi connectivity index (χ4n) is 1.74. The van der Waals surface area contributed by atoms with Crippen molar-refractivity contribution in [1.82, 2.24) is 10.3 Å². The van der Waals surface area contributed by atoms with Gasteiger partial charge in [0.1, 0.15) is 0 Å². The second-order valence-corrected chi connectivity index (χ2v) is 3.36. The van der Waals surface area contributed by atoms with Crippen LogP contribution in [0, 0.1) is 11.3 Å². The van der Waals surface area contributed by atoms with Crippen LogP contribution in [0.15, 0.2) is 24.5 Å². The fraction of sp³-hybridized carbons (Fsp3) is 0.400. The highest BCUT2D eigenvalue weighted by Gasteiger charge is 2.35. The van der Waals surface area contributed by atoms with Crippen LogP contribution < -0.4 is 5.32 Å². The van der Waals surface area contributed by atoms with Crippen LogP contribution in [0.2, 0.25) is 0 Å². The van der Waals surface area contributed by atoms with Crippen molar-refractivity contribution in [3.05, 3.63) is 30.1 Å². The third-order valence-electron chi connectivity index (χ3n) is 2.58. The molecule has 2 heterocycles. The van der Waals surface area contributed by atoms with E-state index in [9.17, 15) is 0 Å². The monoisotopic (exact) mass is 173 g/mol. The largest absolute Gasteiger partial charge is 0.315 e. The van der Waals surface area contributed by atoms with Crippen molar-refractivity contribution in [2.45, 2.75) is 11.8 Å². The summed E-state index contributed by atoms with van der Waals surface area (Å²) < 4.78 is 0. The summed E-state index contributed by atoms with van der Waals surface area (Å²) >= 11 is 0. The number of rotatable bonds is 1. The van der Waals surface area contributed by atoms with Crippen molar-refractivity contribution in [1.29, 1.82) is 5.26 Å². The van der Waals surface area contributed by atoms with Crippen LogP contribution >= 0.6 is 0 Å². The summed E-state index contributed by atoms with van der Waals surface area (Å²) in [6.07, 6.45) is 4.41. The van der Waals surface area contributed by atoms with Gasteiger partial charge in [0.2, 0.25) is 0 Å². The van der Waals surface area contributed by atoms with Crippen LogP contribution in [0.1, 0.15) is 12.0 Å². The van der Waals surface area contributed by atoms with Crippen molar-refractivity contribution in [2.75, 3.05) is 13.1 Å². The van der Waals surface area contributed by atoms with E-state index in [1.165, 1.54) is 0 Å². The lowest BCUT2D eigenvalue weighted by Gasteiger charge is -2.18. The lowest BCUT2D eigenvalue weighted by Crippen LogP contribution is -2.26. The number of nitrogens with one attached hydrogen (secondary N) is 1. The Kier molecular flexibility index (Phi) is 1.99. The lowest BCUT2D eigenvalue weighted by atomic mass is 9.82. The highest BCUT2D eigenvalue weighted by molar-refractivity contribution is 5.32. The van der Waals surface area contributed by atoms with Crippen LogP contribution in [-0.4, -0.2) is 18.1 Å². The van der Waals surface area contributed by atoms with Gasteiger partial charge in [-0.3, -0.25) is 4.98 Å². The Morgan fingerprint density at radius 1 is 1.62 bits per heavy atom. The zero-order valence-electron chi connectivity index (χ0n) is 7.33. The van der Waals surface area contributed by atoms with Crippen LogP contribution in [0.3, 0.4) is 0 Å². The van der Waals surface area contributed by atoms with E-state index >= 15 is 0 Å². The van der Waals surface area contributed by atoms with E-state index < -0.39 is 0 Å². The van der Waals surface area contributed by atoms with E-state index in [0.29, 0.717) is 0 Å². The van der Waals surface area contributed by atoms with Gasteiger partial charge in [0.15, 0.2) is 0 Å². The van der Waals surface area contributed by atoms with Gasteiger partial charge in [-0.25, -0.2) is 0 Å². The van der Waals surface area contributed by atoms with Gasteiger partial charge in [-0.05, 0) is 24.6 Å². The molecule has 1 aliphatic heterocycles. The molecule has 0 bridgehead atoms. The Balaban J connectivity index is 2.38. The summed E-state index contributed by atoms with van der Waals surface area (Å²) in [6, 6.07) is 6.25. The van der Waals surface area contributed by atoms with Crippen molar-refractivity contribution in [3.63, 3.8) is 0 Å². The molecule has 0 aromatic carbocycles. The van der Waals surface area contributed by atoms with Gasteiger partial charge in [-0.2, -0.15) is 5.26 Å². The van der Waals surface area contributed by atoms with Crippen LogP contribution in [0.4, 0.5) is 0 Å². The highest BCUT2D eigenvalue weighted by Crippen LogP contribution is 2.28. The van der Waals surface area contributed by atoms with E-state index in [4.69, 9.17) is 5.26 Å². The first-order valence-electron chi connectivity index (χ1n) is 4.40. The van der Waals surface area contributed by atoms with Crippen molar-refractivity contribution in [3.8, 4) is 6.07 Å². The number of nitriles is 1. The van der Waals surface area contributed by atoms with Crippen molar-refractivity contribution in [2.24, 2.45) is 0 Å². The molecule has 0 aliphatic carbocycles. The number of hydrogen-bond acceptors (Lipinski definition) is 3. The van der Waals surface area contributed by atoms with Gasteiger partial charge in [-0.1, -0.05) is 6.07 Å². The van der Waals surface area contributed by atoms with Crippen LogP contribution in [0.5, 0.6) is 0 Å². The molecule has 1 fully saturated rings. The molecule has 1 N–H and O–H groups in total. The van der Waals surface area contributed by atoms with Gasteiger partial charge < -0.3 is 5.32 Å². The topological polar surface area (TPSA) is 48.7 Å². The highest BCUT2D eigenvalue weighted by atomic mass is 14.9. The third kappa shape index (κ3) is 1.30. The van der Waals surface area contributed by atoms with Gasteiger partial charge in [0.25, 0.3) is 0 Å². The summed E-state index contributed by atoms with van der Waals surface area (Å²) in [5.41, 5.74) is 0.691. The zero-order valence-corrected chi connectivity index (χ0v) is 7.33. The summed E-state index contributed by atoms with van der Waals surface area (Å²) in [6.45, 7) is 1.66. The molecular formula is C10H11N3. The normalized spacial score (nSPS) is 27.0. The number of pyridine rings is 1. The Labute approximate surface area is 77.4 Å². The minimum absolute atomic E-state index is 0.339. The SMILES string of the molecule is N#CC1(c2cccnc2)CCNC1. The molecule has 0 radical (unpaired) electrons. The number of hydrogen-bond donors (Lipinski definition) is 1. The first-order valence-corrected chi connectivity index (χ1v) is 4.40. The molecule has 1 unspecified atom stereocenters. The summed E-state index contributed by atoms with van der Waals surface area (Å²) in [7, 11) is 0. The lowest BCUT2D eigenvalue weighted by molar-refractivity contribution is 0.607. The number of nitrogens with zero attached hydrogens (tertiary/aromatic N) is 2. The zero-order chi connectivity index (χ0) is 9.15. The Morgan fingerprint density at radius 2 is 2.54 bits per heavy atom. The quantitative estimate of drug-likeness (QED) is 0.684. The predicted molar refractivity (Wildman–Crippen MR) is 49.0 cm³/mol. The predicted octanol–water partition coefficient (Wildman–Crippen LogP) is 0.836. The average molecular weight is 173 g/mol. The molecule has 1 aromatic rings. The molecule has 3 heteroatoms. The Morgan fingerprint density at radius 3 is 3.08 bits per heavy atom. The van der Waals surface area contributed by atoms with Gasteiger partial charge in [-0.15, -0.1) is 0 Å². The molecule has 66 valence electrons. The molecule has 0 saturated carbocycles. The second kappa shape index (κ2) is 3.15. The minimum Gasteiger partial charge on any atom is -0.315 e. The van der Waals surface area contributed by atoms with Crippen molar-refractivity contribution >= 4 is 0 Å². The third-order valence-corrected chi connectivity index (χ3v) is 2.58. The van der Waals surface area contributed by atoms with E-state index in [-0.39, 0.29) is 5.41 Å². The molecule has 13 heavy (non-hydrogen) atoms. The molecular weight excluding hydrogens is 162 g/mol. The first kappa shape index (κ1) is 8.21. The smallest absolute Gasteiger partial charge is 0.0973 e. The molecule has 3 nitrogen and oxygen atoms in total. The van der Waals surface area contributed by atoms with Gasteiger partial charge in [0, 0.05) is 18.9 Å². The Bertz CT molecular complexity index is 320. The minimum atomic E-state index is -0.339. The molecule has 0 amide bonds. The summed E-state index contributed by atoms with van der Waals surface area (Å²) in [4.78, 5) is 4.04. The van der Waals surface area contributed by atoms with Crippen LogP contribution in [0.25, 0.3) is 0 Å². The van der Waals surface area contributed by atoms with Gasteiger partial charge >= 0.3 is 0 Å². The number of aromatic nitrogens is 1. The second-order valence-electron chi connectivity index (χ2n) is 3.36. The summed E-state index contributed by atoms with van der Waals surface area (Å²) in [5, 5.41) is 12.4. The summed E-state index contributed by atoms with van der Waals surface area (Å²) in [5.74, 6) is 0. The van der Waals surface area contributed by atoms with Gasteiger partial charge in [0.05, 0.1) is 11.5 Å². The molecule has 1 atom stereocenters. The molecule has 1 saturated heterocycles. The standard InChI is InChI=1S/C10H11N3/c11-7-10(3-5-13-8-10)9-2-1-4-12-6-9/h1-2,4,6,13H,3,5,8H2. The fourth-order valence-corrected chi connectivity index (χ4v) is 1.74. The molecule has 1 aromatic heterocycles. The molecule has 0 spiro atoms.